The number of carbonyl (C=O) groups excluding carboxylic acids is 2. The first kappa shape index (κ1) is 21.1. The maximum absolute atomic E-state index is 12.3. The highest BCUT2D eigenvalue weighted by Crippen LogP contribution is 2.18. The standard InChI is InChI=1S/C18H26O7/c1-3-4-5-10-16(21)24-14-9-7-6-8-13(20)17(22)15(11-12(2)19)25-18(14)23/h3-6,8,10,12-15,17,19-20,22H,7,9,11H2,1-2H3/b4-3+,8-6+,10-5+. The SMILES string of the molecule is C/C=C/C=C/C(=O)OC1CC/C=C/C(O)C(O)C(CC(C)O)OC1=O. The Morgan fingerprint density at radius 2 is 2.16 bits per heavy atom. The summed E-state index contributed by atoms with van der Waals surface area (Å²) in [7, 11) is 0. The third-order valence-corrected chi connectivity index (χ3v) is 3.56. The molecule has 7 nitrogen and oxygen atoms in total. The van der Waals surface area contributed by atoms with Crippen molar-refractivity contribution < 1.29 is 34.4 Å². The predicted molar refractivity (Wildman–Crippen MR) is 90.4 cm³/mol. The molecule has 0 saturated heterocycles. The van der Waals surface area contributed by atoms with E-state index in [2.05, 4.69) is 0 Å². The average Bonchev–Trinajstić information content (AvgIpc) is 2.55. The van der Waals surface area contributed by atoms with Gasteiger partial charge < -0.3 is 24.8 Å². The fourth-order valence-corrected chi connectivity index (χ4v) is 2.29. The molecule has 1 rings (SSSR count). The number of hydrogen-bond donors (Lipinski definition) is 3. The first-order valence-corrected chi connectivity index (χ1v) is 8.26. The monoisotopic (exact) mass is 354 g/mol. The Kier molecular flexibility index (Phi) is 9.12. The van der Waals surface area contributed by atoms with Crippen LogP contribution in [0.15, 0.2) is 36.5 Å². The number of allylic oxidation sites excluding steroid dienone is 4. The van der Waals surface area contributed by atoms with Gasteiger partial charge in [-0.3, -0.25) is 0 Å². The molecule has 1 heterocycles. The van der Waals surface area contributed by atoms with Crippen LogP contribution in [0.25, 0.3) is 0 Å². The summed E-state index contributed by atoms with van der Waals surface area (Å²) in [6.45, 7) is 3.27. The largest absolute Gasteiger partial charge is 0.457 e. The third kappa shape index (κ3) is 7.64. The van der Waals surface area contributed by atoms with Crippen molar-refractivity contribution in [2.24, 2.45) is 0 Å². The van der Waals surface area contributed by atoms with Crippen LogP contribution in [0.5, 0.6) is 0 Å². The van der Waals surface area contributed by atoms with Crippen LogP contribution in [0, 0.1) is 0 Å². The van der Waals surface area contributed by atoms with E-state index in [9.17, 15) is 24.9 Å². The van der Waals surface area contributed by atoms with E-state index >= 15 is 0 Å². The molecule has 0 saturated carbocycles. The minimum absolute atomic E-state index is 0.0559. The molecule has 0 aromatic carbocycles. The van der Waals surface area contributed by atoms with Crippen LogP contribution in [0.4, 0.5) is 0 Å². The molecule has 1 aliphatic heterocycles. The van der Waals surface area contributed by atoms with Gasteiger partial charge in [0.15, 0.2) is 6.10 Å². The van der Waals surface area contributed by atoms with E-state index in [1.165, 1.54) is 25.2 Å². The smallest absolute Gasteiger partial charge is 0.347 e. The lowest BCUT2D eigenvalue weighted by molar-refractivity contribution is -0.178. The number of cyclic esters (lactones) is 1. The van der Waals surface area contributed by atoms with Gasteiger partial charge in [-0.2, -0.15) is 0 Å². The maximum atomic E-state index is 12.3. The van der Waals surface area contributed by atoms with Gasteiger partial charge in [0.1, 0.15) is 18.3 Å². The molecule has 0 amide bonds. The Bertz CT molecular complexity index is 522. The molecule has 5 atom stereocenters. The molecule has 7 heteroatoms. The number of aliphatic hydroxyl groups is 3. The van der Waals surface area contributed by atoms with Crippen LogP contribution in [0.1, 0.15) is 33.1 Å². The zero-order chi connectivity index (χ0) is 18.8. The van der Waals surface area contributed by atoms with Crippen LogP contribution >= 0.6 is 0 Å². The van der Waals surface area contributed by atoms with Gasteiger partial charge in [-0.15, -0.1) is 0 Å². The van der Waals surface area contributed by atoms with Crippen molar-refractivity contribution in [2.45, 2.75) is 63.6 Å². The number of rotatable bonds is 5. The highest BCUT2D eigenvalue weighted by molar-refractivity contribution is 5.85. The van der Waals surface area contributed by atoms with Crippen molar-refractivity contribution in [1.82, 2.24) is 0 Å². The van der Waals surface area contributed by atoms with E-state index in [-0.39, 0.29) is 12.8 Å². The van der Waals surface area contributed by atoms with Crippen molar-refractivity contribution >= 4 is 11.9 Å². The van der Waals surface area contributed by atoms with Crippen molar-refractivity contribution in [2.75, 3.05) is 0 Å². The highest BCUT2D eigenvalue weighted by atomic mass is 16.6. The molecule has 1 aliphatic rings. The van der Waals surface area contributed by atoms with Gasteiger partial charge in [0.05, 0.1) is 6.10 Å². The fourth-order valence-electron chi connectivity index (χ4n) is 2.29. The third-order valence-electron chi connectivity index (χ3n) is 3.56. The molecule has 0 aromatic heterocycles. The summed E-state index contributed by atoms with van der Waals surface area (Å²) >= 11 is 0. The Morgan fingerprint density at radius 3 is 2.80 bits per heavy atom. The first-order chi connectivity index (χ1) is 11.8. The van der Waals surface area contributed by atoms with Crippen molar-refractivity contribution in [3.05, 3.63) is 36.5 Å². The maximum Gasteiger partial charge on any atom is 0.347 e. The number of hydrogen-bond acceptors (Lipinski definition) is 7. The van der Waals surface area contributed by atoms with E-state index in [1.54, 1.807) is 25.2 Å². The normalized spacial score (nSPS) is 30.8. The molecule has 0 radical (unpaired) electrons. The number of esters is 2. The van der Waals surface area contributed by atoms with E-state index in [0.29, 0.717) is 6.42 Å². The summed E-state index contributed by atoms with van der Waals surface area (Å²) < 4.78 is 10.3. The summed E-state index contributed by atoms with van der Waals surface area (Å²) in [6, 6.07) is 0. The van der Waals surface area contributed by atoms with E-state index in [4.69, 9.17) is 9.47 Å². The summed E-state index contributed by atoms with van der Waals surface area (Å²) in [5.41, 5.74) is 0. The molecule has 0 spiro atoms. The Hall–Kier alpha value is -1.96. The van der Waals surface area contributed by atoms with E-state index < -0.39 is 42.5 Å². The molecule has 0 aromatic rings. The summed E-state index contributed by atoms with van der Waals surface area (Å²) in [5, 5.41) is 29.5. The zero-order valence-electron chi connectivity index (χ0n) is 14.4. The molecule has 0 aliphatic carbocycles. The second-order valence-corrected chi connectivity index (χ2v) is 5.86. The van der Waals surface area contributed by atoms with Gasteiger partial charge in [0, 0.05) is 12.5 Å². The summed E-state index contributed by atoms with van der Waals surface area (Å²) in [5.74, 6) is -1.51. The minimum Gasteiger partial charge on any atom is -0.457 e. The number of aliphatic hydroxyl groups excluding tert-OH is 3. The molecular weight excluding hydrogens is 328 g/mol. The van der Waals surface area contributed by atoms with Crippen molar-refractivity contribution in [3.63, 3.8) is 0 Å². The molecular formula is C18H26O7. The lowest BCUT2D eigenvalue weighted by Gasteiger charge is -2.28. The van der Waals surface area contributed by atoms with Gasteiger partial charge >= 0.3 is 11.9 Å². The molecule has 25 heavy (non-hydrogen) atoms. The lowest BCUT2D eigenvalue weighted by atomic mass is 10.0. The topological polar surface area (TPSA) is 113 Å². The average molecular weight is 354 g/mol. The quantitative estimate of drug-likeness (QED) is 0.289. The van der Waals surface area contributed by atoms with E-state index in [1.807, 2.05) is 0 Å². The number of ether oxygens (including phenoxy) is 2. The van der Waals surface area contributed by atoms with Gasteiger partial charge in [-0.1, -0.05) is 30.4 Å². The van der Waals surface area contributed by atoms with Crippen LogP contribution < -0.4 is 0 Å². The number of carbonyl (C=O) groups is 2. The Balaban J connectivity index is 2.88. The van der Waals surface area contributed by atoms with Gasteiger partial charge in [-0.05, 0) is 26.7 Å². The lowest BCUT2D eigenvalue weighted by Crippen LogP contribution is -2.43. The van der Waals surface area contributed by atoms with Gasteiger partial charge in [-0.25, -0.2) is 9.59 Å². The first-order valence-electron chi connectivity index (χ1n) is 8.26. The van der Waals surface area contributed by atoms with Gasteiger partial charge in [0.2, 0.25) is 0 Å². The van der Waals surface area contributed by atoms with Crippen LogP contribution in [0.3, 0.4) is 0 Å². The zero-order valence-corrected chi connectivity index (χ0v) is 14.4. The van der Waals surface area contributed by atoms with Crippen molar-refractivity contribution in [3.8, 4) is 0 Å². The Labute approximate surface area is 147 Å². The van der Waals surface area contributed by atoms with Crippen LogP contribution in [-0.2, 0) is 19.1 Å². The predicted octanol–water partition coefficient (Wildman–Crippen LogP) is 0.785. The molecule has 140 valence electrons. The van der Waals surface area contributed by atoms with Gasteiger partial charge in [0.25, 0.3) is 0 Å². The van der Waals surface area contributed by atoms with Crippen LogP contribution in [0.2, 0.25) is 0 Å². The molecule has 3 N–H and O–H groups in total. The molecule has 0 fully saturated rings. The second kappa shape index (κ2) is 10.8. The van der Waals surface area contributed by atoms with E-state index in [0.717, 1.165) is 0 Å². The van der Waals surface area contributed by atoms with Crippen molar-refractivity contribution in [1.29, 1.82) is 0 Å². The van der Waals surface area contributed by atoms with Crippen LogP contribution in [-0.4, -0.2) is 57.8 Å². The minimum atomic E-state index is -1.39. The highest BCUT2D eigenvalue weighted by Gasteiger charge is 2.33. The Morgan fingerprint density at radius 1 is 1.44 bits per heavy atom. The summed E-state index contributed by atoms with van der Waals surface area (Å²) in [4.78, 5) is 24.1. The molecule has 5 unspecified atom stereocenters. The summed E-state index contributed by atoms with van der Waals surface area (Å²) in [6.07, 6.45) is 3.82. The fraction of sp³-hybridized carbons (Fsp3) is 0.556. The molecule has 0 bridgehead atoms. The second-order valence-electron chi connectivity index (χ2n) is 5.86.